The molecule has 0 saturated carbocycles. The van der Waals surface area contributed by atoms with Crippen LogP contribution in [0, 0.1) is 5.82 Å². The van der Waals surface area contributed by atoms with Crippen LogP contribution in [0.15, 0.2) is 23.1 Å². The van der Waals surface area contributed by atoms with Gasteiger partial charge in [0.05, 0.1) is 28.8 Å². The van der Waals surface area contributed by atoms with Crippen LogP contribution < -0.4 is 5.32 Å². The molecule has 17 heavy (non-hydrogen) atoms. The number of nitrogens with one attached hydrogen (secondary N) is 1. The van der Waals surface area contributed by atoms with Crippen molar-refractivity contribution in [2.45, 2.75) is 17.4 Å². The molecule has 92 valence electrons. The zero-order valence-corrected chi connectivity index (χ0v) is 9.50. The van der Waals surface area contributed by atoms with Crippen LogP contribution in [0.25, 0.3) is 0 Å². The first-order chi connectivity index (χ1) is 7.88. The van der Waals surface area contributed by atoms with Crippen LogP contribution in [0.3, 0.4) is 0 Å². The van der Waals surface area contributed by atoms with Gasteiger partial charge in [-0.15, -0.1) is 0 Å². The number of halogens is 1. The number of hydrogen-bond acceptors (Lipinski definition) is 4. The van der Waals surface area contributed by atoms with Crippen molar-refractivity contribution in [1.29, 1.82) is 0 Å². The minimum Gasteiger partial charge on any atom is -0.481 e. The van der Waals surface area contributed by atoms with Gasteiger partial charge in [0.25, 0.3) is 0 Å². The van der Waals surface area contributed by atoms with Gasteiger partial charge < -0.3 is 10.4 Å². The predicted octanol–water partition coefficient (Wildman–Crippen LogP) is 0.868. The Morgan fingerprint density at radius 1 is 1.53 bits per heavy atom. The smallest absolute Gasteiger partial charge is 0.305 e. The molecule has 2 N–H and O–H groups in total. The summed E-state index contributed by atoms with van der Waals surface area (Å²) in [5.74, 6) is -1.96. The molecule has 1 aliphatic rings. The number of aliphatic carboxylic acids is 1. The van der Waals surface area contributed by atoms with Crippen molar-refractivity contribution in [2.75, 3.05) is 11.1 Å². The molecule has 0 bridgehead atoms. The molecule has 0 aliphatic carbocycles. The Kier molecular flexibility index (Phi) is 2.78. The third-order valence-corrected chi connectivity index (χ3v) is 4.35. The van der Waals surface area contributed by atoms with E-state index in [4.69, 9.17) is 5.11 Å². The standard InChI is InChI=1S/C10H10FNO4S/c11-6-1-2-9-8(3-6)12-7(4-10(13)14)5-17(9,15)16/h1-3,7,12H,4-5H2,(H,13,14). The summed E-state index contributed by atoms with van der Waals surface area (Å²) in [6, 6.07) is 2.58. The molecular weight excluding hydrogens is 249 g/mol. The molecule has 0 fully saturated rings. The van der Waals surface area contributed by atoms with E-state index < -0.39 is 27.7 Å². The lowest BCUT2D eigenvalue weighted by atomic mass is 10.2. The summed E-state index contributed by atoms with van der Waals surface area (Å²) < 4.78 is 36.6. The first kappa shape index (κ1) is 11.8. The summed E-state index contributed by atoms with van der Waals surface area (Å²) in [5, 5.41) is 11.4. The van der Waals surface area contributed by atoms with Crippen molar-refractivity contribution >= 4 is 21.5 Å². The number of benzene rings is 1. The number of carboxylic acids is 1. The van der Waals surface area contributed by atoms with Crippen molar-refractivity contribution in [3.8, 4) is 0 Å². The van der Waals surface area contributed by atoms with Crippen molar-refractivity contribution in [1.82, 2.24) is 0 Å². The first-order valence-electron chi connectivity index (χ1n) is 4.89. The van der Waals surface area contributed by atoms with E-state index in [1.54, 1.807) is 0 Å². The summed E-state index contributed by atoms with van der Waals surface area (Å²) >= 11 is 0. The van der Waals surface area contributed by atoms with Gasteiger partial charge in [-0.25, -0.2) is 12.8 Å². The van der Waals surface area contributed by atoms with Crippen molar-refractivity contribution in [2.24, 2.45) is 0 Å². The second-order valence-electron chi connectivity index (χ2n) is 3.86. The number of carbonyl (C=O) groups is 1. The molecule has 5 nitrogen and oxygen atoms in total. The van der Waals surface area contributed by atoms with Crippen LogP contribution >= 0.6 is 0 Å². The van der Waals surface area contributed by atoms with Gasteiger partial charge >= 0.3 is 5.97 Å². The quantitative estimate of drug-likeness (QED) is 0.770. The largest absolute Gasteiger partial charge is 0.481 e. The van der Waals surface area contributed by atoms with Crippen molar-refractivity contribution in [3.63, 3.8) is 0 Å². The average Bonchev–Trinajstić information content (AvgIpc) is 2.13. The van der Waals surface area contributed by atoms with E-state index in [0.717, 1.165) is 12.1 Å². The summed E-state index contributed by atoms with van der Waals surface area (Å²) in [5.41, 5.74) is 0.127. The highest BCUT2D eigenvalue weighted by atomic mass is 32.2. The molecule has 1 aliphatic heterocycles. The highest BCUT2D eigenvalue weighted by Crippen LogP contribution is 2.29. The van der Waals surface area contributed by atoms with E-state index in [1.807, 2.05) is 0 Å². The molecule has 7 heteroatoms. The van der Waals surface area contributed by atoms with E-state index >= 15 is 0 Å². The lowest BCUT2D eigenvalue weighted by molar-refractivity contribution is -0.137. The highest BCUT2D eigenvalue weighted by molar-refractivity contribution is 7.91. The third kappa shape index (κ3) is 2.38. The minimum atomic E-state index is -3.55. The van der Waals surface area contributed by atoms with Crippen LogP contribution in [0.2, 0.25) is 0 Å². The number of rotatable bonds is 2. The third-order valence-electron chi connectivity index (χ3n) is 2.48. The predicted molar refractivity (Wildman–Crippen MR) is 58.1 cm³/mol. The molecule has 0 aromatic heterocycles. The second kappa shape index (κ2) is 3.99. The van der Waals surface area contributed by atoms with Crippen LogP contribution in [-0.4, -0.2) is 31.3 Å². The monoisotopic (exact) mass is 259 g/mol. The van der Waals surface area contributed by atoms with Gasteiger partial charge in [0.2, 0.25) is 0 Å². The Morgan fingerprint density at radius 3 is 2.88 bits per heavy atom. The minimum absolute atomic E-state index is 0.0144. The molecule has 0 amide bonds. The maximum Gasteiger partial charge on any atom is 0.305 e. The van der Waals surface area contributed by atoms with Crippen LogP contribution in [0.4, 0.5) is 10.1 Å². The maximum atomic E-state index is 13.0. The molecule has 1 atom stereocenters. The fourth-order valence-electron chi connectivity index (χ4n) is 1.82. The normalized spacial score (nSPS) is 21.4. The van der Waals surface area contributed by atoms with Crippen LogP contribution in [0.5, 0.6) is 0 Å². The summed E-state index contributed by atoms with van der Waals surface area (Å²) in [4.78, 5) is 10.6. The molecule has 0 spiro atoms. The maximum absolute atomic E-state index is 13.0. The molecule has 1 heterocycles. The fraction of sp³-hybridized carbons (Fsp3) is 0.300. The number of hydrogen-bond donors (Lipinski definition) is 2. The van der Waals surface area contributed by atoms with E-state index in [1.165, 1.54) is 6.07 Å². The Balaban J connectivity index is 2.41. The molecule has 0 saturated heterocycles. The van der Waals surface area contributed by atoms with E-state index in [9.17, 15) is 17.6 Å². The Hall–Kier alpha value is -1.63. The lowest BCUT2D eigenvalue weighted by Gasteiger charge is -2.25. The summed E-state index contributed by atoms with van der Waals surface area (Å²) in [7, 11) is -3.55. The van der Waals surface area contributed by atoms with Gasteiger partial charge in [-0.05, 0) is 18.2 Å². The average molecular weight is 259 g/mol. The topological polar surface area (TPSA) is 83.5 Å². The van der Waals surface area contributed by atoms with Crippen molar-refractivity contribution < 1.29 is 22.7 Å². The van der Waals surface area contributed by atoms with Gasteiger partial charge in [0, 0.05) is 0 Å². The van der Waals surface area contributed by atoms with Gasteiger partial charge in [-0.1, -0.05) is 0 Å². The molecular formula is C10H10FNO4S. The number of carboxylic acid groups (broad SMARTS) is 1. The van der Waals surface area contributed by atoms with Gasteiger partial charge in [0.1, 0.15) is 5.82 Å². The van der Waals surface area contributed by atoms with E-state index in [0.29, 0.717) is 0 Å². The van der Waals surface area contributed by atoms with Crippen LogP contribution in [-0.2, 0) is 14.6 Å². The van der Waals surface area contributed by atoms with Crippen molar-refractivity contribution in [3.05, 3.63) is 24.0 Å². The van der Waals surface area contributed by atoms with E-state index in [2.05, 4.69) is 5.32 Å². The molecule has 1 unspecified atom stereocenters. The molecule has 0 radical (unpaired) electrons. The number of fused-ring (bicyclic) bond motifs is 1. The molecule has 1 aromatic rings. The van der Waals surface area contributed by atoms with Crippen LogP contribution in [0.1, 0.15) is 6.42 Å². The zero-order chi connectivity index (χ0) is 12.6. The fourth-order valence-corrected chi connectivity index (χ4v) is 3.46. The SMILES string of the molecule is O=C(O)CC1CS(=O)(=O)c2ccc(F)cc2N1. The first-order valence-corrected chi connectivity index (χ1v) is 6.54. The Bertz CT molecular complexity index is 570. The van der Waals surface area contributed by atoms with Gasteiger partial charge in [0.15, 0.2) is 9.84 Å². The second-order valence-corrected chi connectivity index (χ2v) is 5.86. The molecule has 2 rings (SSSR count). The van der Waals surface area contributed by atoms with Gasteiger partial charge in [-0.2, -0.15) is 0 Å². The Labute approximate surface area is 97.2 Å². The molecule has 1 aromatic carbocycles. The van der Waals surface area contributed by atoms with E-state index in [-0.39, 0.29) is 22.8 Å². The van der Waals surface area contributed by atoms with Gasteiger partial charge in [-0.3, -0.25) is 4.79 Å². The Morgan fingerprint density at radius 2 is 2.24 bits per heavy atom. The lowest BCUT2D eigenvalue weighted by Crippen LogP contribution is -2.36. The summed E-state index contributed by atoms with van der Waals surface area (Å²) in [6.07, 6.45) is -0.324. The highest BCUT2D eigenvalue weighted by Gasteiger charge is 2.31. The zero-order valence-electron chi connectivity index (χ0n) is 8.68. The number of anilines is 1. The number of sulfone groups is 1. The summed E-state index contributed by atoms with van der Waals surface area (Å²) in [6.45, 7) is 0.